The number of hydrogen-bond donors (Lipinski definition) is 1. The summed E-state index contributed by atoms with van der Waals surface area (Å²) >= 11 is 0. The topological polar surface area (TPSA) is 57.7 Å². The first-order valence-electron chi connectivity index (χ1n) is 10.5. The van der Waals surface area contributed by atoms with E-state index < -0.39 is 0 Å². The number of amides is 1. The summed E-state index contributed by atoms with van der Waals surface area (Å²) in [6.45, 7) is 5.11. The fraction of sp³-hybridized carbons (Fsp3) is 0.478. The van der Waals surface area contributed by atoms with Crippen molar-refractivity contribution in [2.45, 2.75) is 25.4 Å². The summed E-state index contributed by atoms with van der Waals surface area (Å²) in [4.78, 5) is 21.8. The van der Waals surface area contributed by atoms with Gasteiger partial charge in [0.25, 0.3) is 0 Å². The lowest BCUT2D eigenvalue weighted by Gasteiger charge is -2.34. The zero-order chi connectivity index (χ0) is 20.1. The summed E-state index contributed by atoms with van der Waals surface area (Å²) in [5.74, 6) is 1.52. The van der Waals surface area contributed by atoms with E-state index in [2.05, 4.69) is 38.3 Å². The van der Waals surface area contributed by atoms with E-state index in [1.807, 2.05) is 30.5 Å². The first-order valence-corrected chi connectivity index (χ1v) is 10.5. The molecule has 4 rings (SSSR count). The van der Waals surface area contributed by atoms with E-state index >= 15 is 0 Å². The molecule has 2 aliphatic rings. The highest BCUT2D eigenvalue weighted by atomic mass is 16.5. The largest absolute Gasteiger partial charge is 0.497 e. The third-order valence-electron chi connectivity index (χ3n) is 5.83. The van der Waals surface area contributed by atoms with E-state index in [0.29, 0.717) is 12.5 Å². The second kappa shape index (κ2) is 9.37. The van der Waals surface area contributed by atoms with Crippen LogP contribution in [0.3, 0.4) is 0 Å². The third-order valence-corrected chi connectivity index (χ3v) is 5.83. The predicted octanol–water partition coefficient (Wildman–Crippen LogP) is 2.48. The third kappa shape index (κ3) is 5.55. The number of ether oxygens (including phenoxy) is 1. The van der Waals surface area contributed by atoms with Crippen molar-refractivity contribution in [2.24, 2.45) is 5.92 Å². The Morgan fingerprint density at radius 2 is 1.83 bits per heavy atom. The molecule has 2 fully saturated rings. The molecule has 6 heteroatoms. The number of hydrogen-bond acceptors (Lipinski definition) is 5. The minimum Gasteiger partial charge on any atom is -0.497 e. The molecule has 1 unspecified atom stereocenters. The van der Waals surface area contributed by atoms with E-state index in [1.54, 1.807) is 7.11 Å². The average molecular weight is 395 g/mol. The minimum atomic E-state index is 0.110. The number of rotatable bonds is 8. The first kappa shape index (κ1) is 19.9. The monoisotopic (exact) mass is 394 g/mol. The van der Waals surface area contributed by atoms with Crippen LogP contribution >= 0.6 is 0 Å². The van der Waals surface area contributed by atoms with Crippen molar-refractivity contribution in [3.63, 3.8) is 0 Å². The molecule has 0 radical (unpaired) electrons. The number of nitrogens with one attached hydrogen (secondary N) is 1. The van der Waals surface area contributed by atoms with Gasteiger partial charge in [0.2, 0.25) is 5.91 Å². The summed E-state index contributed by atoms with van der Waals surface area (Å²) in [5.41, 5.74) is 2.27. The molecule has 1 amide bonds. The number of aromatic nitrogens is 1. The Balaban J connectivity index is 1.25. The van der Waals surface area contributed by atoms with Crippen LogP contribution in [-0.2, 0) is 11.3 Å². The maximum absolute atomic E-state index is 12.7. The fourth-order valence-corrected chi connectivity index (χ4v) is 3.96. The van der Waals surface area contributed by atoms with Crippen molar-refractivity contribution in [3.05, 3.63) is 59.9 Å². The van der Waals surface area contributed by atoms with Crippen LogP contribution in [0.25, 0.3) is 0 Å². The van der Waals surface area contributed by atoms with E-state index in [1.165, 1.54) is 18.4 Å². The van der Waals surface area contributed by atoms with Gasteiger partial charge >= 0.3 is 0 Å². The van der Waals surface area contributed by atoms with E-state index in [4.69, 9.17) is 4.74 Å². The summed E-state index contributed by atoms with van der Waals surface area (Å²) in [6.07, 6.45) is 4.21. The summed E-state index contributed by atoms with van der Waals surface area (Å²) in [5, 5.41) is 3.29. The molecular formula is C23H30N4O2. The van der Waals surface area contributed by atoms with Gasteiger partial charge in [0, 0.05) is 38.9 Å². The molecule has 0 spiro atoms. The molecule has 2 aromatic rings. The highest BCUT2D eigenvalue weighted by molar-refractivity contribution is 5.78. The molecular weight excluding hydrogens is 364 g/mol. The Morgan fingerprint density at radius 1 is 1.10 bits per heavy atom. The SMILES string of the molecule is COc1ccc(C(NC(=O)CN2CCN(Cc3ccccn3)CC2)C2CC2)cc1. The van der Waals surface area contributed by atoms with Gasteiger partial charge in [-0.05, 0) is 48.6 Å². The number of carbonyl (C=O) groups excluding carboxylic acids is 1. The van der Waals surface area contributed by atoms with Crippen LogP contribution in [0.4, 0.5) is 0 Å². The van der Waals surface area contributed by atoms with Gasteiger partial charge in [0.15, 0.2) is 0 Å². The Morgan fingerprint density at radius 3 is 2.45 bits per heavy atom. The van der Waals surface area contributed by atoms with E-state index in [0.717, 1.165) is 44.2 Å². The highest BCUT2D eigenvalue weighted by Gasteiger charge is 2.33. The highest BCUT2D eigenvalue weighted by Crippen LogP contribution is 2.41. The summed E-state index contributed by atoms with van der Waals surface area (Å²) < 4.78 is 5.25. The zero-order valence-electron chi connectivity index (χ0n) is 17.1. The normalized spacial score (nSPS) is 18.9. The van der Waals surface area contributed by atoms with Crippen LogP contribution in [0.5, 0.6) is 5.75 Å². The Bertz CT molecular complexity index is 784. The molecule has 1 saturated heterocycles. The van der Waals surface area contributed by atoms with Crippen molar-refractivity contribution < 1.29 is 9.53 Å². The smallest absolute Gasteiger partial charge is 0.234 e. The summed E-state index contributed by atoms with van der Waals surface area (Å²) in [6, 6.07) is 14.2. The van der Waals surface area contributed by atoms with Gasteiger partial charge in [-0.1, -0.05) is 18.2 Å². The second-order valence-corrected chi connectivity index (χ2v) is 8.03. The number of benzene rings is 1. The van der Waals surface area contributed by atoms with Gasteiger partial charge in [-0.15, -0.1) is 0 Å². The van der Waals surface area contributed by atoms with Crippen molar-refractivity contribution in [1.82, 2.24) is 20.1 Å². The van der Waals surface area contributed by atoms with Crippen LogP contribution in [0.1, 0.15) is 30.1 Å². The second-order valence-electron chi connectivity index (χ2n) is 8.03. The minimum absolute atomic E-state index is 0.110. The molecule has 1 aliphatic heterocycles. The van der Waals surface area contributed by atoms with E-state index in [-0.39, 0.29) is 11.9 Å². The standard InChI is InChI=1S/C23H30N4O2/c1-29-21-9-7-19(8-10-21)23(18-5-6-18)25-22(28)17-27-14-12-26(13-15-27)16-20-4-2-3-11-24-20/h2-4,7-11,18,23H,5-6,12-17H2,1H3,(H,25,28). The molecule has 1 saturated carbocycles. The Labute approximate surface area is 172 Å². The van der Waals surface area contributed by atoms with Crippen molar-refractivity contribution in [2.75, 3.05) is 39.8 Å². The predicted molar refractivity (Wildman–Crippen MR) is 113 cm³/mol. The van der Waals surface area contributed by atoms with Gasteiger partial charge in [-0.2, -0.15) is 0 Å². The molecule has 0 bridgehead atoms. The molecule has 1 aromatic heterocycles. The van der Waals surface area contributed by atoms with Crippen LogP contribution in [0, 0.1) is 5.92 Å². The van der Waals surface area contributed by atoms with Gasteiger partial charge in [0.1, 0.15) is 5.75 Å². The van der Waals surface area contributed by atoms with Gasteiger partial charge in [-0.3, -0.25) is 19.6 Å². The molecule has 154 valence electrons. The molecule has 2 heterocycles. The van der Waals surface area contributed by atoms with Crippen molar-refractivity contribution >= 4 is 5.91 Å². The molecule has 1 aliphatic carbocycles. The molecule has 1 atom stereocenters. The Kier molecular flexibility index (Phi) is 6.42. The number of piperazine rings is 1. The molecule has 1 N–H and O–H groups in total. The fourth-order valence-electron chi connectivity index (χ4n) is 3.96. The number of carbonyl (C=O) groups is 1. The van der Waals surface area contributed by atoms with Crippen LogP contribution in [-0.4, -0.2) is 60.5 Å². The lowest BCUT2D eigenvalue weighted by molar-refractivity contribution is -0.123. The summed E-state index contributed by atoms with van der Waals surface area (Å²) in [7, 11) is 1.67. The average Bonchev–Trinajstić information content (AvgIpc) is 3.60. The van der Waals surface area contributed by atoms with Gasteiger partial charge < -0.3 is 10.1 Å². The quantitative estimate of drug-likeness (QED) is 0.745. The lowest BCUT2D eigenvalue weighted by Crippen LogP contribution is -2.49. The maximum atomic E-state index is 12.7. The van der Waals surface area contributed by atoms with Crippen LogP contribution < -0.4 is 10.1 Å². The van der Waals surface area contributed by atoms with Crippen LogP contribution in [0.15, 0.2) is 48.7 Å². The van der Waals surface area contributed by atoms with Crippen LogP contribution in [0.2, 0.25) is 0 Å². The first-order chi connectivity index (χ1) is 14.2. The zero-order valence-corrected chi connectivity index (χ0v) is 17.1. The van der Waals surface area contributed by atoms with Gasteiger partial charge in [-0.25, -0.2) is 0 Å². The maximum Gasteiger partial charge on any atom is 0.234 e. The Hall–Kier alpha value is -2.44. The van der Waals surface area contributed by atoms with Gasteiger partial charge in [0.05, 0.1) is 25.4 Å². The molecule has 29 heavy (non-hydrogen) atoms. The number of methoxy groups -OCH3 is 1. The number of nitrogens with zero attached hydrogens (tertiary/aromatic N) is 3. The molecule has 1 aromatic carbocycles. The molecule has 6 nitrogen and oxygen atoms in total. The van der Waals surface area contributed by atoms with Crippen molar-refractivity contribution in [3.8, 4) is 5.75 Å². The lowest BCUT2D eigenvalue weighted by atomic mass is 10.0. The van der Waals surface area contributed by atoms with E-state index in [9.17, 15) is 4.79 Å². The van der Waals surface area contributed by atoms with Crippen molar-refractivity contribution in [1.29, 1.82) is 0 Å². The number of pyridine rings is 1.